The van der Waals surface area contributed by atoms with E-state index in [1.807, 2.05) is 12.1 Å². The van der Waals surface area contributed by atoms with Crippen molar-refractivity contribution < 1.29 is 22.7 Å². The van der Waals surface area contributed by atoms with Crippen molar-refractivity contribution in [1.82, 2.24) is 20.3 Å². The van der Waals surface area contributed by atoms with E-state index in [0.717, 1.165) is 28.8 Å². The van der Waals surface area contributed by atoms with Crippen LogP contribution >= 0.6 is 0 Å². The normalized spacial score (nSPS) is 15.6. The van der Waals surface area contributed by atoms with Crippen LogP contribution in [0.2, 0.25) is 0 Å². The molecule has 0 spiro atoms. The second-order valence-electron chi connectivity index (χ2n) is 8.43. The van der Waals surface area contributed by atoms with E-state index >= 15 is 0 Å². The number of nitrogens with zero attached hydrogens (tertiary/aromatic N) is 2. The number of nitrogens with one attached hydrogen (secondary N) is 3. The molecule has 0 fully saturated rings. The Balaban J connectivity index is 1.55. The number of ether oxygens (including phenoxy) is 2. The minimum atomic E-state index is -3.04. The number of hydrogen-bond acceptors (Lipinski definition) is 8. The van der Waals surface area contributed by atoms with Crippen LogP contribution < -0.4 is 20.1 Å². The van der Waals surface area contributed by atoms with E-state index < -0.39 is 9.84 Å². The third-order valence-electron chi connectivity index (χ3n) is 6.00. The number of benzene rings is 1. The van der Waals surface area contributed by atoms with Gasteiger partial charge in [-0.25, -0.2) is 18.4 Å². The third-order valence-corrected chi connectivity index (χ3v) is 7.03. The van der Waals surface area contributed by atoms with Gasteiger partial charge in [-0.3, -0.25) is 4.79 Å². The molecule has 10 nitrogen and oxygen atoms in total. The molecule has 11 heteroatoms. The second-order valence-corrected chi connectivity index (χ2v) is 10.7. The fourth-order valence-corrected chi connectivity index (χ4v) is 4.95. The molecule has 0 radical (unpaired) electrons. The number of H-pyrrole nitrogens is 1. The monoisotopic (exact) mass is 487 g/mol. The zero-order chi connectivity index (χ0) is 24.3. The number of fused-ring (bicyclic) bond motifs is 3. The number of aromatic nitrogens is 3. The number of rotatable bonds is 9. The number of hydrogen-bond donors (Lipinski definition) is 3. The Morgan fingerprint density at radius 3 is 2.79 bits per heavy atom. The van der Waals surface area contributed by atoms with Gasteiger partial charge in [-0.05, 0) is 43.4 Å². The molecular weight excluding hydrogens is 458 g/mol. The first kappa shape index (κ1) is 23.8. The number of carbonyl (C=O) groups excluding carboxylic acids is 1. The predicted molar refractivity (Wildman–Crippen MR) is 130 cm³/mol. The number of carbonyl (C=O) groups is 1. The number of anilines is 2. The Bertz CT molecular complexity index is 1300. The molecule has 1 atom stereocenters. The minimum Gasteiger partial charge on any atom is -0.497 e. The van der Waals surface area contributed by atoms with Gasteiger partial charge in [-0.1, -0.05) is 0 Å². The second kappa shape index (κ2) is 9.88. The predicted octanol–water partition coefficient (Wildman–Crippen LogP) is 2.37. The van der Waals surface area contributed by atoms with Gasteiger partial charge < -0.3 is 25.1 Å². The average molecular weight is 488 g/mol. The number of methoxy groups -OCH3 is 2. The maximum absolute atomic E-state index is 12.8. The summed E-state index contributed by atoms with van der Waals surface area (Å²) < 4.78 is 33.4. The summed E-state index contributed by atoms with van der Waals surface area (Å²) in [5.74, 6) is 1.72. The van der Waals surface area contributed by atoms with Crippen LogP contribution in [0.4, 0.5) is 11.5 Å². The van der Waals surface area contributed by atoms with Crippen molar-refractivity contribution >= 4 is 38.3 Å². The van der Waals surface area contributed by atoms with Crippen molar-refractivity contribution in [2.45, 2.75) is 25.7 Å². The topological polar surface area (TPSA) is 135 Å². The Hall–Kier alpha value is -3.34. The summed E-state index contributed by atoms with van der Waals surface area (Å²) >= 11 is 0. The molecule has 0 bridgehead atoms. The molecule has 34 heavy (non-hydrogen) atoms. The fraction of sp³-hybridized carbons (Fsp3) is 0.435. The Kier molecular flexibility index (Phi) is 6.92. The van der Waals surface area contributed by atoms with Crippen molar-refractivity contribution in [3.05, 3.63) is 35.8 Å². The van der Waals surface area contributed by atoms with Crippen LogP contribution in [0.5, 0.6) is 11.5 Å². The van der Waals surface area contributed by atoms with Gasteiger partial charge in [0, 0.05) is 30.5 Å². The molecule has 0 aliphatic heterocycles. The lowest BCUT2D eigenvalue weighted by Crippen LogP contribution is -2.35. The van der Waals surface area contributed by atoms with Crippen molar-refractivity contribution in [2.24, 2.45) is 5.92 Å². The van der Waals surface area contributed by atoms with Gasteiger partial charge in [0.05, 0.1) is 31.0 Å². The van der Waals surface area contributed by atoms with Gasteiger partial charge in [0.25, 0.3) is 0 Å². The Morgan fingerprint density at radius 2 is 2.06 bits per heavy atom. The average Bonchev–Trinajstić information content (AvgIpc) is 3.20. The van der Waals surface area contributed by atoms with Crippen LogP contribution in [0.3, 0.4) is 0 Å². The lowest BCUT2D eigenvalue weighted by atomic mass is 9.86. The largest absolute Gasteiger partial charge is 0.497 e. The highest BCUT2D eigenvalue weighted by molar-refractivity contribution is 7.90. The van der Waals surface area contributed by atoms with E-state index in [-0.39, 0.29) is 17.6 Å². The molecule has 1 aliphatic rings. The van der Waals surface area contributed by atoms with E-state index in [1.54, 1.807) is 20.3 Å². The maximum Gasteiger partial charge on any atom is 0.223 e. The summed E-state index contributed by atoms with van der Waals surface area (Å²) in [6, 6.07) is 5.48. The van der Waals surface area contributed by atoms with Crippen molar-refractivity contribution in [1.29, 1.82) is 0 Å². The molecule has 3 aromatic rings. The molecule has 1 amide bonds. The van der Waals surface area contributed by atoms with Gasteiger partial charge in [-0.15, -0.1) is 0 Å². The first-order valence-electron chi connectivity index (χ1n) is 11.1. The van der Waals surface area contributed by atoms with Crippen molar-refractivity contribution in [3.8, 4) is 11.5 Å². The summed E-state index contributed by atoms with van der Waals surface area (Å²) in [5.41, 5.74) is 3.52. The molecule has 1 aliphatic carbocycles. The highest BCUT2D eigenvalue weighted by Crippen LogP contribution is 2.37. The van der Waals surface area contributed by atoms with Crippen LogP contribution in [-0.2, 0) is 27.5 Å². The molecule has 2 aromatic heterocycles. The van der Waals surface area contributed by atoms with Crippen molar-refractivity contribution in [2.75, 3.05) is 38.1 Å². The fourth-order valence-electron chi connectivity index (χ4n) is 4.28. The van der Waals surface area contributed by atoms with Gasteiger partial charge in [-0.2, -0.15) is 0 Å². The summed E-state index contributed by atoms with van der Waals surface area (Å²) in [6.07, 6.45) is 5.08. The van der Waals surface area contributed by atoms with Crippen LogP contribution in [0.25, 0.3) is 11.0 Å². The highest BCUT2D eigenvalue weighted by Gasteiger charge is 2.29. The standard InChI is InChI=1S/C23H29N5O5S/c1-32-15-6-8-18(19(12-15)33-2)28-22-20-16-11-14(23(29)24-9-4-10-34(3,30)31)5-7-17(16)27-21(20)25-13-26-22/h6,8,12-14H,4-5,7,9-11H2,1-3H3,(H,24,29)(H2,25,26,27,28). The van der Waals surface area contributed by atoms with Gasteiger partial charge in [0.1, 0.15) is 39.1 Å². The number of amides is 1. The summed E-state index contributed by atoms with van der Waals surface area (Å²) in [6.45, 7) is 0.344. The lowest BCUT2D eigenvalue weighted by molar-refractivity contribution is -0.125. The smallest absolute Gasteiger partial charge is 0.223 e. The first-order valence-corrected chi connectivity index (χ1v) is 13.1. The highest BCUT2D eigenvalue weighted by atomic mass is 32.2. The van der Waals surface area contributed by atoms with Crippen LogP contribution in [0.1, 0.15) is 24.1 Å². The zero-order valence-corrected chi connectivity index (χ0v) is 20.3. The summed E-state index contributed by atoms with van der Waals surface area (Å²) in [7, 11) is 0.152. The van der Waals surface area contributed by atoms with E-state index in [4.69, 9.17) is 9.47 Å². The Morgan fingerprint density at radius 1 is 1.24 bits per heavy atom. The number of sulfone groups is 1. The molecule has 1 unspecified atom stereocenters. The lowest BCUT2D eigenvalue weighted by Gasteiger charge is -2.22. The van der Waals surface area contributed by atoms with Crippen LogP contribution in [0.15, 0.2) is 24.5 Å². The molecule has 0 saturated carbocycles. The van der Waals surface area contributed by atoms with Crippen LogP contribution in [0, 0.1) is 5.92 Å². The van der Waals surface area contributed by atoms with E-state index in [1.165, 1.54) is 12.6 Å². The van der Waals surface area contributed by atoms with Gasteiger partial charge in [0.15, 0.2) is 0 Å². The number of aryl methyl sites for hydroxylation is 1. The molecule has 1 aromatic carbocycles. The van der Waals surface area contributed by atoms with Gasteiger partial charge in [0.2, 0.25) is 5.91 Å². The molecule has 2 heterocycles. The quantitative estimate of drug-likeness (QED) is 0.392. The maximum atomic E-state index is 12.8. The van der Waals surface area contributed by atoms with Crippen LogP contribution in [-0.4, -0.2) is 62.0 Å². The molecule has 3 N–H and O–H groups in total. The van der Waals surface area contributed by atoms with E-state index in [0.29, 0.717) is 48.8 Å². The SMILES string of the molecule is COc1ccc(Nc2ncnc3[nH]c4c(c23)CC(C(=O)NCCCS(C)(=O)=O)CC4)c(OC)c1. The number of aromatic amines is 1. The summed E-state index contributed by atoms with van der Waals surface area (Å²) in [5, 5.41) is 7.08. The van der Waals surface area contributed by atoms with E-state index in [9.17, 15) is 13.2 Å². The molecule has 4 rings (SSSR count). The third kappa shape index (κ3) is 5.24. The Labute approximate surface area is 198 Å². The minimum absolute atomic E-state index is 0.0586. The van der Waals surface area contributed by atoms with E-state index in [2.05, 4.69) is 25.6 Å². The molecule has 182 valence electrons. The van der Waals surface area contributed by atoms with Crippen molar-refractivity contribution in [3.63, 3.8) is 0 Å². The molecule has 0 saturated heterocycles. The molecular formula is C23H29N5O5S. The zero-order valence-electron chi connectivity index (χ0n) is 19.5. The first-order chi connectivity index (χ1) is 16.3. The summed E-state index contributed by atoms with van der Waals surface area (Å²) in [4.78, 5) is 25.0. The van der Waals surface area contributed by atoms with Gasteiger partial charge >= 0.3 is 0 Å².